The van der Waals surface area contributed by atoms with E-state index < -0.39 is 0 Å². The maximum absolute atomic E-state index is 12.9. The van der Waals surface area contributed by atoms with Gasteiger partial charge in [-0.1, -0.05) is 25.5 Å². The van der Waals surface area contributed by atoms with Gasteiger partial charge in [0, 0.05) is 32.4 Å². The molecule has 0 aromatic heterocycles. The van der Waals surface area contributed by atoms with Crippen molar-refractivity contribution in [1.82, 2.24) is 4.90 Å². The molecule has 1 rings (SSSR count). The highest BCUT2D eigenvalue weighted by Crippen LogP contribution is 2.06. The molecule has 0 saturated heterocycles. The van der Waals surface area contributed by atoms with Crippen molar-refractivity contribution in [1.29, 1.82) is 0 Å². The van der Waals surface area contributed by atoms with Crippen molar-refractivity contribution in [3.8, 4) is 0 Å². The third-order valence-corrected chi connectivity index (χ3v) is 3.85. The SMILES string of the molecule is CCCCOCCCN(CCC(=O)OCC)C(=O)/C=C/c1ccc(F)cc1. The molecule has 1 aromatic carbocycles. The summed E-state index contributed by atoms with van der Waals surface area (Å²) in [5.74, 6) is -0.841. The van der Waals surface area contributed by atoms with Gasteiger partial charge in [0.15, 0.2) is 0 Å². The van der Waals surface area contributed by atoms with Gasteiger partial charge in [-0.05, 0) is 43.5 Å². The van der Waals surface area contributed by atoms with E-state index in [0.717, 1.165) is 25.0 Å². The number of ether oxygens (including phenoxy) is 2. The molecule has 0 fully saturated rings. The molecule has 0 atom stereocenters. The molecular weight excluding hydrogens is 349 g/mol. The van der Waals surface area contributed by atoms with Crippen LogP contribution in [0.1, 0.15) is 45.1 Å². The van der Waals surface area contributed by atoms with Gasteiger partial charge < -0.3 is 14.4 Å². The van der Waals surface area contributed by atoms with Gasteiger partial charge in [-0.15, -0.1) is 0 Å². The number of amides is 1. The predicted octanol–water partition coefficient (Wildman–Crippen LogP) is 3.83. The van der Waals surface area contributed by atoms with Gasteiger partial charge >= 0.3 is 5.97 Å². The summed E-state index contributed by atoms with van der Waals surface area (Å²) in [5, 5.41) is 0. The zero-order valence-corrected chi connectivity index (χ0v) is 16.3. The molecule has 0 unspecified atom stereocenters. The van der Waals surface area contributed by atoms with E-state index in [2.05, 4.69) is 6.92 Å². The number of hydrogen-bond acceptors (Lipinski definition) is 4. The molecule has 1 aromatic rings. The van der Waals surface area contributed by atoms with Gasteiger partial charge in [0.1, 0.15) is 5.82 Å². The normalized spacial score (nSPS) is 10.9. The second kappa shape index (κ2) is 13.9. The molecule has 0 aliphatic rings. The summed E-state index contributed by atoms with van der Waals surface area (Å²) >= 11 is 0. The molecule has 0 spiro atoms. The standard InChI is InChI=1S/C21H30FNO4/c1-3-5-16-26-17-6-14-23(15-13-21(25)27-4-2)20(24)12-9-18-7-10-19(22)11-8-18/h7-12H,3-6,13-17H2,1-2H3/b12-9+. The fourth-order valence-corrected chi connectivity index (χ4v) is 2.34. The van der Waals surface area contributed by atoms with Gasteiger partial charge in [-0.2, -0.15) is 0 Å². The minimum atomic E-state index is -0.322. The Balaban J connectivity index is 2.57. The van der Waals surface area contributed by atoms with Crippen molar-refractivity contribution >= 4 is 18.0 Å². The van der Waals surface area contributed by atoms with E-state index in [-0.39, 0.29) is 24.1 Å². The van der Waals surface area contributed by atoms with Crippen LogP contribution in [0, 0.1) is 5.82 Å². The van der Waals surface area contributed by atoms with E-state index in [4.69, 9.17) is 9.47 Å². The molecule has 0 N–H and O–H groups in total. The van der Waals surface area contributed by atoms with E-state index in [0.29, 0.717) is 32.7 Å². The summed E-state index contributed by atoms with van der Waals surface area (Å²) in [6.45, 7) is 6.26. The first-order chi connectivity index (χ1) is 13.1. The zero-order valence-electron chi connectivity index (χ0n) is 16.3. The van der Waals surface area contributed by atoms with Crippen molar-refractivity contribution in [2.75, 3.05) is 32.9 Å². The summed E-state index contributed by atoms with van der Waals surface area (Å²) in [5.41, 5.74) is 0.734. The fourth-order valence-electron chi connectivity index (χ4n) is 2.34. The first-order valence-corrected chi connectivity index (χ1v) is 9.52. The van der Waals surface area contributed by atoms with Crippen molar-refractivity contribution in [2.24, 2.45) is 0 Å². The van der Waals surface area contributed by atoms with Crippen LogP contribution < -0.4 is 0 Å². The van der Waals surface area contributed by atoms with Crippen LogP contribution in [-0.2, 0) is 19.1 Å². The third kappa shape index (κ3) is 10.5. The molecule has 0 aliphatic carbocycles. The molecular formula is C21H30FNO4. The summed E-state index contributed by atoms with van der Waals surface area (Å²) < 4.78 is 23.4. The van der Waals surface area contributed by atoms with Gasteiger partial charge in [0.2, 0.25) is 5.91 Å². The average Bonchev–Trinajstić information content (AvgIpc) is 2.66. The minimum Gasteiger partial charge on any atom is -0.466 e. The number of rotatable bonds is 13. The Labute approximate surface area is 161 Å². The lowest BCUT2D eigenvalue weighted by Crippen LogP contribution is -2.33. The number of nitrogens with zero attached hydrogens (tertiary/aromatic N) is 1. The molecule has 5 nitrogen and oxygen atoms in total. The first kappa shape index (κ1) is 22.8. The summed E-state index contributed by atoms with van der Waals surface area (Å²) in [6, 6.07) is 5.89. The van der Waals surface area contributed by atoms with Crippen LogP contribution in [0.4, 0.5) is 4.39 Å². The smallest absolute Gasteiger partial charge is 0.307 e. The lowest BCUT2D eigenvalue weighted by molar-refractivity contribution is -0.143. The first-order valence-electron chi connectivity index (χ1n) is 9.52. The highest BCUT2D eigenvalue weighted by molar-refractivity contribution is 5.92. The second-order valence-corrected chi connectivity index (χ2v) is 6.08. The summed E-state index contributed by atoms with van der Waals surface area (Å²) in [7, 11) is 0. The highest BCUT2D eigenvalue weighted by Gasteiger charge is 2.13. The van der Waals surface area contributed by atoms with Gasteiger partial charge in [-0.3, -0.25) is 9.59 Å². The minimum absolute atomic E-state index is 0.153. The lowest BCUT2D eigenvalue weighted by Gasteiger charge is -2.21. The highest BCUT2D eigenvalue weighted by atomic mass is 19.1. The molecule has 0 saturated carbocycles. The summed E-state index contributed by atoms with van der Waals surface area (Å²) in [4.78, 5) is 25.7. The van der Waals surface area contributed by atoms with Gasteiger partial charge in [0.25, 0.3) is 0 Å². The molecule has 150 valence electrons. The topological polar surface area (TPSA) is 55.8 Å². The van der Waals surface area contributed by atoms with E-state index in [1.165, 1.54) is 18.2 Å². The monoisotopic (exact) mass is 379 g/mol. The zero-order chi connectivity index (χ0) is 19.9. The van der Waals surface area contributed by atoms with Gasteiger partial charge in [-0.25, -0.2) is 4.39 Å². The maximum Gasteiger partial charge on any atom is 0.307 e. The van der Waals surface area contributed by atoms with Crippen LogP contribution >= 0.6 is 0 Å². The molecule has 27 heavy (non-hydrogen) atoms. The van der Waals surface area contributed by atoms with E-state index in [1.54, 1.807) is 30.0 Å². The molecule has 6 heteroatoms. The van der Waals surface area contributed by atoms with Crippen LogP contribution in [0.5, 0.6) is 0 Å². The predicted molar refractivity (Wildman–Crippen MR) is 104 cm³/mol. The maximum atomic E-state index is 12.9. The number of carbonyl (C=O) groups excluding carboxylic acids is 2. The fraction of sp³-hybridized carbons (Fsp3) is 0.524. The largest absolute Gasteiger partial charge is 0.466 e. The molecule has 0 heterocycles. The number of hydrogen-bond donors (Lipinski definition) is 0. The van der Waals surface area contributed by atoms with Crippen molar-refractivity contribution in [3.05, 3.63) is 41.7 Å². The van der Waals surface area contributed by atoms with E-state index in [1.807, 2.05) is 0 Å². The Bertz CT molecular complexity index is 586. The van der Waals surface area contributed by atoms with Crippen LogP contribution in [0.25, 0.3) is 6.08 Å². The number of benzene rings is 1. The number of carbonyl (C=O) groups is 2. The lowest BCUT2D eigenvalue weighted by atomic mass is 10.2. The van der Waals surface area contributed by atoms with Gasteiger partial charge in [0.05, 0.1) is 13.0 Å². The van der Waals surface area contributed by atoms with E-state index in [9.17, 15) is 14.0 Å². The molecule has 0 radical (unpaired) electrons. The van der Waals surface area contributed by atoms with Crippen molar-refractivity contribution < 1.29 is 23.5 Å². The number of halogens is 1. The van der Waals surface area contributed by atoms with Crippen LogP contribution in [0.15, 0.2) is 30.3 Å². The Morgan fingerprint density at radius 2 is 1.78 bits per heavy atom. The Morgan fingerprint density at radius 3 is 2.44 bits per heavy atom. The van der Waals surface area contributed by atoms with Crippen LogP contribution in [0.3, 0.4) is 0 Å². The van der Waals surface area contributed by atoms with Crippen molar-refractivity contribution in [3.63, 3.8) is 0 Å². The van der Waals surface area contributed by atoms with Crippen LogP contribution in [-0.4, -0.2) is 49.7 Å². The third-order valence-electron chi connectivity index (χ3n) is 3.85. The molecule has 0 bridgehead atoms. The van der Waals surface area contributed by atoms with E-state index >= 15 is 0 Å². The molecule has 0 aliphatic heterocycles. The Hall–Kier alpha value is -2.21. The quantitative estimate of drug-likeness (QED) is 0.297. The summed E-state index contributed by atoms with van der Waals surface area (Å²) in [6.07, 6.45) is 6.03. The number of esters is 1. The van der Waals surface area contributed by atoms with Crippen LogP contribution in [0.2, 0.25) is 0 Å². The average molecular weight is 379 g/mol. The number of unbranched alkanes of at least 4 members (excludes halogenated alkanes) is 1. The Morgan fingerprint density at radius 1 is 1.07 bits per heavy atom. The molecule has 1 amide bonds. The van der Waals surface area contributed by atoms with Crippen molar-refractivity contribution in [2.45, 2.75) is 39.5 Å². The Kier molecular flexibility index (Phi) is 11.8. The second-order valence-electron chi connectivity index (χ2n) is 6.08.